The van der Waals surface area contributed by atoms with Gasteiger partial charge in [0.15, 0.2) is 11.6 Å². The zero-order chi connectivity index (χ0) is 17.3. The summed E-state index contributed by atoms with van der Waals surface area (Å²) < 4.78 is 28.3. The highest BCUT2D eigenvalue weighted by atomic mass is 19.1. The number of carbonyl (C=O) groups is 2. The Balaban J connectivity index is 2.11. The molecule has 0 aliphatic heterocycles. The minimum Gasteiger partial charge on any atom is -0.487 e. The molecule has 0 saturated carbocycles. The van der Waals surface area contributed by atoms with E-state index in [1.54, 1.807) is 32.9 Å². The first kappa shape index (κ1) is 18.7. The van der Waals surface area contributed by atoms with Gasteiger partial charge in [0.25, 0.3) is 0 Å². The van der Waals surface area contributed by atoms with Crippen LogP contribution in [0, 0.1) is 5.82 Å². The van der Waals surface area contributed by atoms with Gasteiger partial charge in [-0.2, -0.15) is 0 Å². The van der Waals surface area contributed by atoms with Gasteiger partial charge in [-0.1, -0.05) is 12.1 Å². The summed E-state index contributed by atoms with van der Waals surface area (Å²) in [6, 6.07) is 5.97. The van der Waals surface area contributed by atoms with Gasteiger partial charge in [-0.15, -0.1) is 0 Å². The number of halogens is 1. The number of benzene rings is 1. The normalized spacial score (nSPS) is 10.8. The summed E-state index contributed by atoms with van der Waals surface area (Å²) in [5.74, 6) is -0.853. The number of hydrogen-bond donors (Lipinski definition) is 1. The summed E-state index contributed by atoms with van der Waals surface area (Å²) in [6.07, 6.45) is -0.577. The largest absolute Gasteiger partial charge is 0.487 e. The molecule has 7 heteroatoms. The standard InChI is InChI=1S/C16H22FNO5/c1-16(2,3)23-15(20)18-9-8-14(19)22-11-10-21-13-7-5-4-6-12(13)17/h4-7H,8-11H2,1-3H3,(H,18,20). The van der Waals surface area contributed by atoms with Gasteiger partial charge in [-0.25, -0.2) is 9.18 Å². The summed E-state index contributed by atoms with van der Waals surface area (Å²) in [6.45, 7) is 5.40. The number of esters is 1. The van der Waals surface area contributed by atoms with Crippen molar-refractivity contribution in [3.8, 4) is 5.75 Å². The molecule has 1 aromatic carbocycles. The molecule has 0 atom stereocenters. The lowest BCUT2D eigenvalue weighted by Gasteiger charge is -2.19. The van der Waals surface area contributed by atoms with Gasteiger partial charge in [0, 0.05) is 6.54 Å². The van der Waals surface area contributed by atoms with Crippen LogP contribution in [0.25, 0.3) is 0 Å². The van der Waals surface area contributed by atoms with Crippen molar-refractivity contribution >= 4 is 12.1 Å². The first-order chi connectivity index (χ1) is 10.8. The fourth-order valence-corrected chi connectivity index (χ4v) is 1.52. The van der Waals surface area contributed by atoms with Gasteiger partial charge >= 0.3 is 12.1 Å². The number of para-hydroxylation sites is 1. The Bertz CT molecular complexity index is 527. The van der Waals surface area contributed by atoms with E-state index in [1.165, 1.54) is 12.1 Å². The molecule has 6 nitrogen and oxygen atoms in total. The van der Waals surface area contributed by atoms with Crippen LogP contribution in [0.15, 0.2) is 24.3 Å². The molecule has 0 bridgehead atoms. The number of hydrogen-bond acceptors (Lipinski definition) is 5. The summed E-state index contributed by atoms with van der Waals surface area (Å²) in [4.78, 5) is 22.8. The molecule has 0 aromatic heterocycles. The fraction of sp³-hybridized carbons (Fsp3) is 0.500. The molecule has 0 heterocycles. The van der Waals surface area contributed by atoms with Crippen LogP contribution < -0.4 is 10.1 Å². The second-order valence-electron chi connectivity index (χ2n) is 5.68. The molecule has 128 valence electrons. The first-order valence-corrected chi connectivity index (χ1v) is 7.28. The Kier molecular flexibility index (Phi) is 7.31. The van der Waals surface area contributed by atoms with Gasteiger partial charge in [0.1, 0.15) is 18.8 Å². The summed E-state index contributed by atoms with van der Waals surface area (Å²) in [7, 11) is 0. The SMILES string of the molecule is CC(C)(C)OC(=O)NCCC(=O)OCCOc1ccccc1F. The van der Waals surface area contributed by atoms with Crippen molar-refractivity contribution in [3.63, 3.8) is 0 Å². The zero-order valence-electron chi connectivity index (χ0n) is 13.6. The second kappa shape index (κ2) is 8.97. The molecule has 1 aromatic rings. The summed E-state index contributed by atoms with van der Waals surface area (Å²) in [5.41, 5.74) is -0.589. The number of alkyl carbamates (subject to hydrolysis) is 1. The highest BCUT2D eigenvalue weighted by molar-refractivity contribution is 5.71. The van der Waals surface area contributed by atoms with Crippen molar-refractivity contribution < 1.29 is 28.2 Å². The van der Waals surface area contributed by atoms with Crippen LogP contribution in [0.1, 0.15) is 27.2 Å². The lowest BCUT2D eigenvalue weighted by molar-refractivity contribution is -0.144. The highest BCUT2D eigenvalue weighted by Gasteiger charge is 2.16. The van der Waals surface area contributed by atoms with E-state index < -0.39 is 23.5 Å². The number of carbonyl (C=O) groups excluding carboxylic acids is 2. The minimum atomic E-state index is -0.590. The third-order valence-corrected chi connectivity index (χ3v) is 2.44. The van der Waals surface area contributed by atoms with E-state index in [0.717, 1.165) is 0 Å². The second-order valence-corrected chi connectivity index (χ2v) is 5.68. The molecular weight excluding hydrogens is 305 g/mol. The van der Waals surface area contributed by atoms with Crippen molar-refractivity contribution in [3.05, 3.63) is 30.1 Å². The monoisotopic (exact) mass is 327 g/mol. The minimum absolute atomic E-state index is 0.000392. The van der Waals surface area contributed by atoms with Crippen molar-refractivity contribution in [2.75, 3.05) is 19.8 Å². The highest BCUT2D eigenvalue weighted by Crippen LogP contribution is 2.14. The molecule has 0 aliphatic rings. The lowest BCUT2D eigenvalue weighted by Crippen LogP contribution is -2.33. The maximum absolute atomic E-state index is 13.3. The van der Waals surface area contributed by atoms with Crippen LogP contribution in [0.2, 0.25) is 0 Å². The van der Waals surface area contributed by atoms with Crippen LogP contribution in [0.5, 0.6) is 5.75 Å². The van der Waals surface area contributed by atoms with E-state index in [1.807, 2.05) is 0 Å². The lowest BCUT2D eigenvalue weighted by atomic mass is 10.2. The molecule has 23 heavy (non-hydrogen) atoms. The molecular formula is C16H22FNO5. The van der Waals surface area contributed by atoms with E-state index in [2.05, 4.69) is 5.32 Å². The Morgan fingerprint density at radius 3 is 2.52 bits per heavy atom. The van der Waals surface area contributed by atoms with Crippen molar-refractivity contribution in [2.45, 2.75) is 32.8 Å². The number of nitrogens with one attached hydrogen (secondary N) is 1. The van der Waals surface area contributed by atoms with Crippen LogP contribution in [0.3, 0.4) is 0 Å². The average molecular weight is 327 g/mol. The fourth-order valence-electron chi connectivity index (χ4n) is 1.52. The maximum Gasteiger partial charge on any atom is 0.407 e. The van der Waals surface area contributed by atoms with Gasteiger partial charge in [-0.05, 0) is 32.9 Å². The Morgan fingerprint density at radius 1 is 1.17 bits per heavy atom. The Labute approximate surface area is 134 Å². The van der Waals surface area contributed by atoms with Crippen LogP contribution in [-0.2, 0) is 14.3 Å². The van der Waals surface area contributed by atoms with Crippen molar-refractivity contribution in [1.82, 2.24) is 5.32 Å². The molecule has 1 amide bonds. The van der Waals surface area contributed by atoms with E-state index in [9.17, 15) is 14.0 Å². The first-order valence-electron chi connectivity index (χ1n) is 7.28. The maximum atomic E-state index is 13.3. The predicted molar refractivity (Wildman–Crippen MR) is 81.7 cm³/mol. The zero-order valence-corrected chi connectivity index (χ0v) is 13.6. The molecule has 0 saturated heterocycles. The molecule has 0 spiro atoms. The molecule has 1 N–H and O–H groups in total. The van der Waals surface area contributed by atoms with Crippen molar-refractivity contribution in [1.29, 1.82) is 0 Å². The molecule has 0 unspecified atom stereocenters. The third-order valence-electron chi connectivity index (χ3n) is 2.44. The molecule has 1 rings (SSSR count). The third kappa shape index (κ3) is 8.65. The molecule has 0 aliphatic carbocycles. The van der Waals surface area contributed by atoms with Crippen LogP contribution in [-0.4, -0.2) is 37.4 Å². The Hall–Kier alpha value is -2.31. The Morgan fingerprint density at radius 2 is 1.87 bits per heavy atom. The predicted octanol–water partition coefficient (Wildman–Crippen LogP) is 2.66. The van der Waals surface area contributed by atoms with Crippen molar-refractivity contribution in [2.24, 2.45) is 0 Å². The quantitative estimate of drug-likeness (QED) is 0.615. The topological polar surface area (TPSA) is 73.9 Å². The van der Waals surface area contributed by atoms with Gasteiger partial charge in [0.05, 0.1) is 6.42 Å². The van der Waals surface area contributed by atoms with E-state index in [-0.39, 0.29) is 31.9 Å². The number of ether oxygens (including phenoxy) is 3. The van der Waals surface area contributed by atoms with Gasteiger partial charge < -0.3 is 19.5 Å². The van der Waals surface area contributed by atoms with Gasteiger partial charge in [-0.3, -0.25) is 4.79 Å². The van der Waals surface area contributed by atoms with E-state index in [0.29, 0.717) is 0 Å². The molecule has 0 radical (unpaired) electrons. The van der Waals surface area contributed by atoms with Gasteiger partial charge in [0.2, 0.25) is 0 Å². The summed E-state index contributed by atoms with van der Waals surface area (Å²) in [5, 5.41) is 2.45. The average Bonchev–Trinajstić information content (AvgIpc) is 2.43. The van der Waals surface area contributed by atoms with Crippen LogP contribution in [0.4, 0.5) is 9.18 Å². The molecule has 0 fully saturated rings. The number of rotatable bonds is 7. The summed E-state index contributed by atoms with van der Waals surface area (Å²) >= 11 is 0. The van der Waals surface area contributed by atoms with Crippen LogP contribution >= 0.6 is 0 Å². The van der Waals surface area contributed by atoms with E-state index >= 15 is 0 Å². The van der Waals surface area contributed by atoms with E-state index in [4.69, 9.17) is 14.2 Å². The number of amides is 1. The smallest absolute Gasteiger partial charge is 0.407 e.